The predicted octanol–water partition coefficient (Wildman–Crippen LogP) is 17.1. The SMILES string of the molecule is C1=CCC=CC(c2cccc3c2-c2ccccc2C32c3ccccc3-c3cc(-c4ccc(C5c6ccccc6-c6ccc(C(c7ccccc7)c7cccc8ccccc78)cc65)cc4)ccc32)=C1. The Morgan fingerprint density at radius 3 is 1.96 bits per heavy atom. The normalized spacial score (nSPS) is 17.2. The van der Waals surface area contributed by atoms with Crippen LogP contribution in [0.25, 0.3) is 60.9 Å². The van der Waals surface area contributed by atoms with Gasteiger partial charge in [-0.25, -0.2) is 0 Å². The zero-order chi connectivity index (χ0) is 44.8. The fourth-order valence-corrected chi connectivity index (χ4v) is 12.7. The average molecular weight is 863 g/mol. The van der Waals surface area contributed by atoms with Gasteiger partial charge < -0.3 is 0 Å². The van der Waals surface area contributed by atoms with Crippen LogP contribution >= 0.6 is 0 Å². The van der Waals surface area contributed by atoms with Crippen LogP contribution < -0.4 is 0 Å². The molecule has 3 unspecified atom stereocenters. The summed E-state index contributed by atoms with van der Waals surface area (Å²) < 4.78 is 0. The smallest absolute Gasteiger partial charge is 0.0725 e. The monoisotopic (exact) mass is 862 g/mol. The van der Waals surface area contributed by atoms with Crippen molar-refractivity contribution in [1.82, 2.24) is 0 Å². The molecular weight excluding hydrogens is 817 g/mol. The van der Waals surface area contributed by atoms with Gasteiger partial charge in [0.05, 0.1) is 5.41 Å². The minimum absolute atomic E-state index is 0.0881. The van der Waals surface area contributed by atoms with Crippen molar-refractivity contribution in [3.05, 3.63) is 316 Å². The van der Waals surface area contributed by atoms with E-state index in [4.69, 9.17) is 0 Å². The lowest BCUT2D eigenvalue weighted by Gasteiger charge is -2.30. The number of fused-ring (bicyclic) bond motifs is 14. The summed E-state index contributed by atoms with van der Waals surface area (Å²) in [6.07, 6.45) is 12.2. The van der Waals surface area contributed by atoms with E-state index in [0.29, 0.717) is 0 Å². The van der Waals surface area contributed by atoms with E-state index in [1.807, 2.05) is 0 Å². The Balaban J connectivity index is 0.875. The second-order valence-corrected chi connectivity index (χ2v) is 18.9. The van der Waals surface area contributed by atoms with Gasteiger partial charge in [0.15, 0.2) is 0 Å². The lowest BCUT2D eigenvalue weighted by molar-refractivity contribution is 0.793. The van der Waals surface area contributed by atoms with Gasteiger partial charge in [-0.05, 0) is 135 Å². The second-order valence-electron chi connectivity index (χ2n) is 18.9. The van der Waals surface area contributed by atoms with Gasteiger partial charge >= 0.3 is 0 Å². The lowest BCUT2D eigenvalue weighted by atomic mass is 9.70. The van der Waals surface area contributed by atoms with E-state index in [1.54, 1.807) is 0 Å². The Kier molecular flexibility index (Phi) is 8.80. The summed E-state index contributed by atoms with van der Waals surface area (Å²) >= 11 is 0. The molecule has 0 heterocycles. The van der Waals surface area contributed by atoms with Crippen molar-refractivity contribution < 1.29 is 0 Å². The van der Waals surface area contributed by atoms with Crippen molar-refractivity contribution in [2.45, 2.75) is 23.7 Å². The largest absolute Gasteiger partial charge is 0.0807 e. The standard InChI is InChI=1S/C68H46/c1-2-5-19-46(18-4-1)52-29-17-33-64-67(52)58-28-13-15-32-62(58)68(64)61-31-14-12-26-55(61)59-42-49(39-41-63(59)68)44-34-36-48(37-35-44)66-57-27-11-10-25-53(57)54-40-38-50(43-60(54)66)65(47-21-6-3-7-22-47)56-30-16-23-45-20-8-9-24-51(45)56/h1,3-43,65-66H,2H2. The molecule has 0 aromatic heterocycles. The van der Waals surface area contributed by atoms with Crippen molar-refractivity contribution in [3.8, 4) is 44.5 Å². The Morgan fingerprint density at radius 1 is 0.412 bits per heavy atom. The van der Waals surface area contributed by atoms with E-state index in [-0.39, 0.29) is 11.8 Å². The van der Waals surface area contributed by atoms with Crippen molar-refractivity contribution in [1.29, 1.82) is 0 Å². The van der Waals surface area contributed by atoms with Crippen LogP contribution in [0.1, 0.15) is 79.5 Å². The van der Waals surface area contributed by atoms with Crippen LogP contribution in [0.5, 0.6) is 0 Å². The first-order chi connectivity index (χ1) is 33.8. The van der Waals surface area contributed by atoms with Gasteiger partial charge in [-0.15, -0.1) is 0 Å². The highest BCUT2D eigenvalue weighted by Gasteiger charge is 2.52. The molecule has 0 nitrogen and oxygen atoms in total. The molecule has 68 heavy (non-hydrogen) atoms. The molecular formula is C68H46. The first kappa shape index (κ1) is 38.9. The van der Waals surface area contributed by atoms with Crippen molar-refractivity contribution in [3.63, 3.8) is 0 Å². The number of benzene rings is 10. The van der Waals surface area contributed by atoms with E-state index in [0.717, 1.165) is 6.42 Å². The van der Waals surface area contributed by atoms with Gasteiger partial charge in [-0.2, -0.15) is 0 Å². The predicted molar refractivity (Wildman–Crippen MR) is 283 cm³/mol. The Labute approximate surface area is 398 Å². The topological polar surface area (TPSA) is 0 Å². The van der Waals surface area contributed by atoms with Gasteiger partial charge in [0, 0.05) is 11.8 Å². The van der Waals surface area contributed by atoms with Crippen LogP contribution in [0, 0.1) is 0 Å². The number of hydrogen-bond donors (Lipinski definition) is 0. The van der Waals surface area contributed by atoms with Gasteiger partial charge in [0.2, 0.25) is 0 Å². The Bertz CT molecular complexity index is 3760. The van der Waals surface area contributed by atoms with Gasteiger partial charge in [-0.3, -0.25) is 0 Å². The minimum Gasteiger partial charge on any atom is -0.0807 e. The molecule has 0 bridgehead atoms. The molecule has 10 aromatic rings. The average Bonchev–Trinajstić information content (AvgIpc) is 3.89. The molecule has 14 rings (SSSR count). The minimum atomic E-state index is -0.406. The number of allylic oxidation sites excluding steroid dienone is 6. The fourth-order valence-electron chi connectivity index (χ4n) is 12.7. The van der Waals surface area contributed by atoms with Gasteiger partial charge in [0.1, 0.15) is 0 Å². The molecule has 4 aliphatic carbocycles. The summed E-state index contributed by atoms with van der Waals surface area (Å²) in [6, 6.07) is 85.0. The lowest BCUT2D eigenvalue weighted by Crippen LogP contribution is -2.25. The van der Waals surface area contributed by atoms with Crippen LogP contribution in [-0.4, -0.2) is 0 Å². The van der Waals surface area contributed by atoms with Crippen LogP contribution in [0.3, 0.4) is 0 Å². The molecule has 0 saturated carbocycles. The van der Waals surface area contributed by atoms with E-state index in [9.17, 15) is 0 Å². The molecule has 0 heteroatoms. The summed E-state index contributed by atoms with van der Waals surface area (Å²) in [6.45, 7) is 0. The Morgan fingerprint density at radius 2 is 1.07 bits per heavy atom. The van der Waals surface area contributed by atoms with Crippen LogP contribution in [0.2, 0.25) is 0 Å². The fraction of sp³-hybridized carbons (Fsp3) is 0.0588. The first-order valence-corrected chi connectivity index (χ1v) is 24.1. The third-order valence-corrected chi connectivity index (χ3v) is 15.5. The summed E-state index contributed by atoms with van der Waals surface area (Å²) in [7, 11) is 0. The van der Waals surface area contributed by atoms with Crippen LogP contribution in [0.15, 0.2) is 255 Å². The summed E-state index contributed by atoms with van der Waals surface area (Å²) in [5.74, 6) is 0.212. The number of rotatable bonds is 6. The first-order valence-electron chi connectivity index (χ1n) is 24.1. The van der Waals surface area contributed by atoms with Crippen molar-refractivity contribution in [2.75, 3.05) is 0 Å². The molecule has 3 atom stereocenters. The molecule has 10 aromatic carbocycles. The van der Waals surface area contributed by atoms with Crippen LogP contribution in [-0.2, 0) is 5.41 Å². The molecule has 1 spiro atoms. The zero-order valence-electron chi connectivity index (χ0n) is 37.6. The highest BCUT2D eigenvalue weighted by Crippen LogP contribution is 2.64. The maximum atomic E-state index is 2.52. The van der Waals surface area contributed by atoms with Gasteiger partial charge in [0.25, 0.3) is 0 Å². The van der Waals surface area contributed by atoms with Crippen LogP contribution in [0.4, 0.5) is 0 Å². The molecule has 0 saturated heterocycles. The third-order valence-electron chi connectivity index (χ3n) is 15.5. The van der Waals surface area contributed by atoms with E-state index < -0.39 is 5.41 Å². The Hall–Kier alpha value is -8.32. The van der Waals surface area contributed by atoms with Gasteiger partial charge in [-0.1, -0.05) is 249 Å². The van der Waals surface area contributed by atoms with Crippen molar-refractivity contribution >= 4 is 16.3 Å². The second kappa shape index (κ2) is 15.4. The highest BCUT2D eigenvalue weighted by atomic mass is 14.5. The maximum Gasteiger partial charge on any atom is 0.0725 e. The zero-order valence-corrected chi connectivity index (χ0v) is 37.6. The van der Waals surface area contributed by atoms with E-state index >= 15 is 0 Å². The molecule has 318 valence electrons. The van der Waals surface area contributed by atoms with E-state index in [2.05, 4.69) is 255 Å². The highest BCUT2D eigenvalue weighted by molar-refractivity contribution is 6.00. The quantitative estimate of drug-likeness (QED) is 0.146. The molecule has 0 aliphatic heterocycles. The summed E-state index contributed by atoms with van der Waals surface area (Å²) in [5, 5.41) is 2.57. The van der Waals surface area contributed by atoms with E-state index in [1.165, 1.54) is 122 Å². The summed E-state index contributed by atoms with van der Waals surface area (Å²) in [5.41, 5.74) is 26.1. The summed E-state index contributed by atoms with van der Waals surface area (Å²) in [4.78, 5) is 0. The molecule has 4 aliphatic rings. The molecule has 0 N–H and O–H groups in total. The van der Waals surface area contributed by atoms with Crippen molar-refractivity contribution in [2.24, 2.45) is 0 Å². The third kappa shape index (κ3) is 5.68. The molecule has 0 radical (unpaired) electrons. The molecule has 0 amide bonds. The number of hydrogen-bond acceptors (Lipinski definition) is 0. The maximum absolute atomic E-state index is 2.52. The molecule has 0 fully saturated rings.